The third-order valence-corrected chi connectivity index (χ3v) is 2.32. The summed E-state index contributed by atoms with van der Waals surface area (Å²) in [5, 5.41) is 8.84. The topological polar surface area (TPSA) is 55.1 Å². The van der Waals surface area contributed by atoms with Crippen LogP contribution in [0.25, 0.3) is 11.4 Å². The lowest BCUT2D eigenvalue weighted by Crippen LogP contribution is -2.05. The molecule has 1 aromatic heterocycles. The van der Waals surface area contributed by atoms with Gasteiger partial charge in [-0.05, 0) is 12.1 Å². The number of carboxylic acid groups (broad SMARTS) is 1. The molecule has 1 N–H and O–H groups in total. The lowest BCUT2D eigenvalue weighted by Gasteiger charge is -2.04. The monoisotopic (exact) mass is 220 g/mol. The quantitative estimate of drug-likeness (QED) is 0.841. The van der Waals surface area contributed by atoms with Crippen molar-refractivity contribution in [1.82, 2.24) is 9.55 Å². The van der Waals surface area contributed by atoms with Crippen molar-refractivity contribution in [1.29, 1.82) is 0 Å². The van der Waals surface area contributed by atoms with Gasteiger partial charge in [0.25, 0.3) is 0 Å². The first-order valence-electron chi connectivity index (χ1n) is 4.61. The van der Waals surface area contributed by atoms with E-state index >= 15 is 0 Å². The summed E-state index contributed by atoms with van der Waals surface area (Å²) >= 11 is 0. The SMILES string of the molecule is Cn1c(C(=O)O)cnc1-c1ccccc1F. The van der Waals surface area contributed by atoms with Crippen molar-refractivity contribution < 1.29 is 14.3 Å². The number of nitrogens with zero attached hydrogens (tertiary/aromatic N) is 2. The van der Waals surface area contributed by atoms with Crippen molar-refractivity contribution in [3.63, 3.8) is 0 Å². The highest BCUT2D eigenvalue weighted by molar-refractivity contribution is 5.86. The van der Waals surface area contributed by atoms with Crippen LogP contribution in [0.1, 0.15) is 10.5 Å². The summed E-state index contributed by atoms with van der Waals surface area (Å²) < 4.78 is 14.8. The summed E-state index contributed by atoms with van der Waals surface area (Å²) in [5.74, 6) is -1.21. The number of hydrogen-bond donors (Lipinski definition) is 1. The van der Waals surface area contributed by atoms with E-state index in [0.717, 1.165) is 0 Å². The number of hydrogen-bond acceptors (Lipinski definition) is 2. The molecule has 0 saturated carbocycles. The smallest absolute Gasteiger partial charge is 0.354 e. The molecule has 0 fully saturated rings. The third kappa shape index (κ3) is 1.56. The number of aromatic carboxylic acids is 1. The molecule has 0 saturated heterocycles. The zero-order valence-electron chi connectivity index (χ0n) is 8.51. The van der Waals surface area contributed by atoms with Gasteiger partial charge in [0.05, 0.1) is 11.8 Å². The van der Waals surface area contributed by atoms with Crippen LogP contribution in [0.5, 0.6) is 0 Å². The molecular formula is C11H9FN2O2. The van der Waals surface area contributed by atoms with E-state index in [1.165, 1.54) is 23.9 Å². The Hall–Kier alpha value is -2.17. The molecule has 2 aromatic rings. The Balaban J connectivity index is 2.58. The molecular weight excluding hydrogens is 211 g/mol. The minimum atomic E-state index is -1.09. The normalized spacial score (nSPS) is 10.4. The van der Waals surface area contributed by atoms with E-state index in [4.69, 9.17) is 5.11 Å². The lowest BCUT2D eigenvalue weighted by molar-refractivity contribution is 0.0686. The Morgan fingerprint density at radius 3 is 2.69 bits per heavy atom. The molecule has 0 unspecified atom stereocenters. The van der Waals surface area contributed by atoms with Crippen LogP contribution in [-0.4, -0.2) is 20.6 Å². The van der Waals surface area contributed by atoms with Crippen molar-refractivity contribution in [2.75, 3.05) is 0 Å². The Morgan fingerprint density at radius 1 is 1.44 bits per heavy atom. The number of rotatable bonds is 2. The molecule has 0 aliphatic rings. The second kappa shape index (κ2) is 3.77. The molecule has 0 aliphatic heterocycles. The van der Waals surface area contributed by atoms with Crippen molar-refractivity contribution >= 4 is 5.97 Å². The molecule has 1 aromatic carbocycles. The van der Waals surface area contributed by atoms with Crippen LogP contribution >= 0.6 is 0 Å². The summed E-state index contributed by atoms with van der Waals surface area (Å²) in [6.45, 7) is 0. The van der Waals surface area contributed by atoms with Gasteiger partial charge < -0.3 is 9.67 Å². The molecule has 16 heavy (non-hydrogen) atoms. The van der Waals surface area contributed by atoms with E-state index in [-0.39, 0.29) is 11.3 Å². The zero-order chi connectivity index (χ0) is 11.7. The van der Waals surface area contributed by atoms with Crippen LogP contribution < -0.4 is 0 Å². The maximum Gasteiger partial charge on any atom is 0.354 e. The summed E-state index contributed by atoms with van der Waals surface area (Å²) in [6.07, 6.45) is 1.21. The standard InChI is InChI=1S/C11H9FN2O2/c1-14-9(11(15)16)6-13-10(14)7-4-2-3-5-8(7)12/h2-6H,1H3,(H,15,16). The summed E-state index contributed by atoms with van der Waals surface area (Å²) in [5.41, 5.74) is 0.316. The Kier molecular flexibility index (Phi) is 2.44. The van der Waals surface area contributed by atoms with E-state index in [0.29, 0.717) is 5.82 Å². The Bertz CT molecular complexity index is 549. The molecule has 0 aliphatic carbocycles. The first-order valence-corrected chi connectivity index (χ1v) is 4.61. The van der Waals surface area contributed by atoms with E-state index in [2.05, 4.69) is 4.98 Å². The average molecular weight is 220 g/mol. The number of carboxylic acids is 1. The van der Waals surface area contributed by atoms with E-state index in [1.807, 2.05) is 0 Å². The van der Waals surface area contributed by atoms with Gasteiger partial charge in [0, 0.05) is 7.05 Å². The summed E-state index contributed by atoms with van der Waals surface area (Å²) in [7, 11) is 1.54. The van der Waals surface area contributed by atoms with Crippen LogP contribution in [0.2, 0.25) is 0 Å². The number of halogens is 1. The molecule has 0 atom stereocenters. The van der Waals surface area contributed by atoms with E-state index < -0.39 is 11.8 Å². The van der Waals surface area contributed by atoms with E-state index in [1.54, 1.807) is 18.2 Å². The van der Waals surface area contributed by atoms with Crippen LogP contribution in [0.4, 0.5) is 4.39 Å². The Labute approximate surface area is 91.0 Å². The van der Waals surface area contributed by atoms with Crippen LogP contribution in [0.15, 0.2) is 30.5 Å². The van der Waals surface area contributed by atoms with Crippen LogP contribution in [0, 0.1) is 5.82 Å². The van der Waals surface area contributed by atoms with Crippen molar-refractivity contribution in [3.05, 3.63) is 42.0 Å². The maximum atomic E-state index is 13.5. The van der Waals surface area contributed by atoms with Crippen molar-refractivity contribution in [2.24, 2.45) is 7.05 Å². The first kappa shape index (κ1) is 10.4. The van der Waals surface area contributed by atoms with Crippen LogP contribution in [-0.2, 0) is 7.05 Å². The van der Waals surface area contributed by atoms with Crippen molar-refractivity contribution in [3.8, 4) is 11.4 Å². The number of carbonyl (C=O) groups is 1. The van der Waals surface area contributed by atoms with Gasteiger partial charge in [-0.1, -0.05) is 12.1 Å². The zero-order valence-corrected chi connectivity index (χ0v) is 8.51. The molecule has 5 heteroatoms. The minimum Gasteiger partial charge on any atom is -0.477 e. The molecule has 1 heterocycles. The number of aromatic nitrogens is 2. The molecule has 82 valence electrons. The average Bonchev–Trinajstić information content (AvgIpc) is 2.61. The molecule has 4 nitrogen and oxygen atoms in total. The first-order chi connectivity index (χ1) is 7.61. The van der Waals surface area contributed by atoms with Gasteiger partial charge in [-0.25, -0.2) is 14.2 Å². The van der Waals surface area contributed by atoms with Gasteiger partial charge in [-0.3, -0.25) is 0 Å². The highest BCUT2D eigenvalue weighted by atomic mass is 19.1. The van der Waals surface area contributed by atoms with E-state index in [9.17, 15) is 9.18 Å². The molecule has 2 rings (SSSR count). The summed E-state index contributed by atoms with van der Waals surface area (Å²) in [6, 6.07) is 6.11. The highest BCUT2D eigenvalue weighted by Gasteiger charge is 2.15. The largest absolute Gasteiger partial charge is 0.477 e. The molecule has 0 spiro atoms. The highest BCUT2D eigenvalue weighted by Crippen LogP contribution is 2.21. The lowest BCUT2D eigenvalue weighted by atomic mass is 10.2. The van der Waals surface area contributed by atoms with Gasteiger partial charge in [0.15, 0.2) is 0 Å². The Morgan fingerprint density at radius 2 is 2.12 bits per heavy atom. The molecule has 0 bridgehead atoms. The fourth-order valence-corrected chi connectivity index (χ4v) is 1.50. The number of benzene rings is 1. The predicted molar refractivity (Wildman–Crippen MR) is 55.6 cm³/mol. The fraction of sp³-hybridized carbons (Fsp3) is 0.0909. The molecule has 0 radical (unpaired) electrons. The summed E-state index contributed by atoms with van der Waals surface area (Å²) in [4.78, 5) is 14.7. The second-order valence-electron chi connectivity index (χ2n) is 3.31. The van der Waals surface area contributed by atoms with Gasteiger partial charge in [0.2, 0.25) is 0 Å². The van der Waals surface area contributed by atoms with Gasteiger partial charge >= 0.3 is 5.97 Å². The van der Waals surface area contributed by atoms with Gasteiger partial charge in [-0.2, -0.15) is 0 Å². The maximum absolute atomic E-state index is 13.5. The fourth-order valence-electron chi connectivity index (χ4n) is 1.50. The minimum absolute atomic E-state index is 0.0262. The van der Waals surface area contributed by atoms with Gasteiger partial charge in [-0.15, -0.1) is 0 Å². The van der Waals surface area contributed by atoms with Crippen LogP contribution in [0.3, 0.4) is 0 Å². The van der Waals surface area contributed by atoms with Crippen molar-refractivity contribution in [2.45, 2.75) is 0 Å². The third-order valence-electron chi connectivity index (χ3n) is 2.32. The van der Waals surface area contributed by atoms with Gasteiger partial charge in [0.1, 0.15) is 17.3 Å². The molecule has 0 amide bonds. The predicted octanol–water partition coefficient (Wildman–Crippen LogP) is 1.92. The number of imidazole rings is 1. The second-order valence-corrected chi connectivity index (χ2v) is 3.31.